The first-order valence-corrected chi connectivity index (χ1v) is 9.95. The van der Waals surface area contributed by atoms with E-state index in [2.05, 4.69) is 5.32 Å². The Labute approximate surface area is 129 Å². The summed E-state index contributed by atoms with van der Waals surface area (Å²) in [5.41, 5.74) is 0. The minimum absolute atomic E-state index is 0.0516. The van der Waals surface area contributed by atoms with Crippen LogP contribution in [-0.2, 0) is 20.2 Å². The second kappa shape index (κ2) is 7.49. The van der Waals surface area contributed by atoms with E-state index in [0.717, 1.165) is 0 Å². The summed E-state index contributed by atoms with van der Waals surface area (Å²) in [7, 11) is -8.66. The Morgan fingerprint density at radius 3 is 1.55 bits per heavy atom. The molecule has 1 fully saturated rings. The van der Waals surface area contributed by atoms with Gasteiger partial charge in [0, 0.05) is 13.1 Å². The van der Waals surface area contributed by atoms with Crippen LogP contribution in [0.4, 0.5) is 0 Å². The SMILES string of the molecule is O=S(=O)(O)CC(O)C[N+]1(CC(O)CS(=O)(=O)O)CCNCC1. The van der Waals surface area contributed by atoms with Gasteiger partial charge in [0.1, 0.15) is 36.8 Å². The molecule has 0 spiro atoms. The minimum Gasteiger partial charge on any atom is -0.386 e. The zero-order chi connectivity index (χ0) is 17.0. The molecule has 10 nitrogen and oxygen atoms in total. The van der Waals surface area contributed by atoms with Crippen LogP contribution in [0.2, 0.25) is 0 Å². The highest BCUT2D eigenvalue weighted by Crippen LogP contribution is 2.14. The molecule has 0 aromatic carbocycles. The minimum atomic E-state index is -4.33. The monoisotopic (exact) mass is 363 g/mol. The van der Waals surface area contributed by atoms with Crippen LogP contribution in [0.5, 0.6) is 0 Å². The van der Waals surface area contributed by atoms with Crippen LogP contribution >= 0.6 is 0 Å². The molecule has 0 aromatic rings. The summed E-state index contributed by atoms with van der Waals surface area (Å²) in [6, 6.07) is 0. The van der Waals surface area contributed by atoms with Crippen LogP contribution in [0.1, 0.15) is 0 Å². The third-order valence-corrected chi connectivity index (χ3v) is 5.14. The van der Waals surface area contributed by atoms with E-state index < -0.39 is 43.9 Å². The van der Waals surface area contributed by atoms with Gasteiger partial charge >= 0.3 is 0 Å². The first-order valence-electron chi connectivity index (χ1n) is 6.73. The highest BCUT2D eigenvalue weighted by Gasteiger charge is 2.36. The van der Waals surface area contributed by atoms with Gasteiger partial charge in [-0.25, -0.2) is 0 Å². The molecule has 1 aliphatic heterocycles. The second-order valence-electron chi connectivity index (χ2n) is 5.71. The van der Waals surface area contributed by atoms with E-state index in [9.17, 15) is 27.0 Å². The molecule has 0 bridgehead atoms. The smallest absolute Gasteiger partial charge is 0.267 e. The van der Waals surface area contributed by atoms with Gasteiger partial charge in [-0.15, -0.1) is 0 Å². The summed E-state index contributed by atoms with van der Waals surface area (Å²) >= 11 is 0. The lowest BCUT2D eigenvalue weighted by Crippen LogP contribution is -2.64. The lowest BCUT2D eigenvalue weighted by atomic mass is 10.2. The lowest BCUT2D eigenvalue weighted by molar-refractivity contribution is -0.934. The maximum atomic E-state index is 10.8. The number of nitrogens with one attached hydrogen (secondary N) is 1. The van der Waals surface area contributed by atoms with E-state index >= 15 is 0 Å². The van der Waals surface area contributed by atoms with Crippen molar-refractivity contribution < 1.29 is 40.6 Å². The predicted molar refractivity (Wildman–Crippen MR) is 77.4 cm³/mol. The number of hydrogen-bond donors (Lipinski definition) is 5. The molecule has 1 heterocycles. The Morgan fingerprint density at radius 1 is 0.864 bits per heavy atom. The molecule has 0 aliphatic carbocycles. The second-order valence-corrected chi connectivity index (χ2v) is 8.70. The van der Waals surface area contributed by atoms with Crippen LogP contribution in [-0.4, -0.2) is 104 Å². The molecule has 2 atom stereocenters. The number of aliphatic hydroxyl groups is 2. The summed E-state index contributed by atoms with van der Waals surface area (Å²) in [6.45, 7) is 1.90. The summed E-state index contributed by atoms with van der Waals surface area (Å²) in [5, 5.41) is 22.7. The molecule has 0 saturated carbocycles. The lowest BCUT2D eigenvalue weighted by Gasteiger charge is -2.43. The quantitative estimate of drug-likeness (QED) is 0.222. The number of piperazine rings is 1. The van der Waals surface area contributed by atoms with Crippen LogP contribution in [0.15, 0.2) is 0 Å². The number of rotatable bonds is 8. The van der Waals surface area contributed by atoms with Crippen LogP contribution in [0, 0.1) is 0 Å². The summed E-state index contributed by atoms with van der Waals surface area (Å²) in [6.07, 6.45) is -2.68. The highest BCUT2D eigenvalue weighted by atomic mass is 32.2. The van der Waals surface area contributed by atoms with Gasteiger partial charge in [0.15, 0.2) is 0 Å². The molecule has 2 unspecified atom stereocenters. The highest BCUT2D eigenvalue weighted by molar-refractivity contribution is 7.86. The molecule has 1 aliphatic rings. The van der Waals surface area contributed by atoms with Crippen molar-refractivity contribution in [2.75, 3.05) is 50.8 Å². The number of hydrogen-bond acceptors (Lipinski definition) is 7. The molecule has 132 valence electrons. The molecule has 0 aromatic heterocycles. The van der Waals surface area contributed by atoms with Gasteiger partial charge in [-0.1, -0.05) is 0 Å². The standard InChI is InChI=1S/C10H22N2O8S2/c13-9(7-21(15,16)17)5-12(3-1-11-2-4-12)6-10(14)8-22(18,19)20/h9-11,13-14H,1-8H2,(H-,15,16,17,18,19,20)/p+1. The van der Waals surface area contributed by atoms with E-state index in [0.29, 0.717) is 26.2 Å². The Balaban J connectivity index is 2.77. The third-order valence-electron chi connectivity index (χ3n) is 3.53. The van der Waals surface area contributed by atoms with Gasteiger partial charge in [0.05, 0.1) is 13.1 Å². The normalized spacial score (nSPS) is 22.2. The molecular formula is C10H23N2O8S2+. The van der Waals surface area contributed by atoms with E-state index in [1.807, 2.05) is 0 Å². The van der Waals surface area contributed by atoms with Gasteiger partial charge < -0.3 is 20.0 Å². The molecule has 0 amide bonds. The van der Waals surface area contributed by atoms with Gasteiger partial charge in [-0.05, 0) is 0 Å². The van der Waals surface area contributed by atoms with Crippen LogP contribution in [0.3, 0.4) is 0 Å². The van der Waals surface area contributed by atoms with Gasteiger partial charge in [0.2, 0.25) is 0 Å². The summed E-state index contributed by atoms with van der Waals surface area (Å²) in [4.78, 5) is 0. The van der Waals surface area contributed by atoms with E-state index in [1.165, 1.54) is 0 Å². The Kier molecular flexibility index (Phi) is 6.71. The zero-order valence-corrected chi connectivity index (χ0v) is 13.6. The first kappa shape index (κ1) is 19.7. The average molecular weight is 363 g/mol. The fourth-order valence-electron chi connectivity index (χ4n) is 2.79. The van der Waals surface area contributed by atoms with Crippen molar-refractivity contribution in [3.63, 3.8) is 0 Å². The molecular weight excluding hydrogens is 340 g/mol. The molecule has 1 rings (SSSR count). The van der Waals surface area contributed by atoms with Crippen molar-refractivity contribution in [1.29, 1.82) is 0 Å². The Hall–Kier alpha value is -0.340. The van der Waals surface area contributed by atoms with E-state index in [4.69, 9.17) is 9.11 Å². The molecule has 12 heteroatoms. The number of nitrogens with zero attached hydrogens (tertiary/aromatic N) is 1. The number of aliphatic hydroxyl groups excluding tert-OH is 2. The maximum absolute atomic E-state index is 10.8. The third kappa shape index (κ3) is 7.78. The van der Waals surface area contributed by atoms with Crippen LogP contribution in [0.25, 0.3) is 0 Å². The van der Waals surface area contributed by atoms with Crippen molar-refractivity contribution in [3.05, 3.63) is 0 Å². The zero-order valence-electron chi connectivity index (χ0n) is 12.0. The topological polar surface area (TPSA) is 161 Å². The van der Waals surface area contributed by atoms with Gasteiger partial charge in [0.25, 0.3) is 20.2 Å². The van der Waals surface area contributed by atoms with Crippen molar-refractivity contribution >= 4 is 20.2 Å². The van der Waals surface area contributed by atoms with Crippen LogP contribution < -0.4 is 5.32 Å². The predicted octanol–water partition coefficient (Wildman–Crippen LogP) is -3.10. The van der Waals surface area contributed by atoms with Gasteiger partial charge in [-0.2, -0.15) is 16.8 Å². The van der Waals surface area contributed by atoms with E-state index in [1.54, 1.807) is 0 Å². The van der Waals surface area contributed by atoms with Crippen molar-refractivity contribution in [2.24, 2.45) is 0 Å². The summed E-state index contributed by atoms with van der Waals surface area (Å²) in [5.74, 6) is -1.65. The molecule has 0 radical (unpaired) electrons. The summed E-state index contributed by atoms with van der Waals surface area (Å²) < 4.78 is 60.9. The Bertz CT molecular complexity index is 511. The first-order chi connectivity index (χ1) is 9.91. The Morgan fingerprint density at radius 2 is 1.23 bits per heavy atom. The van der Waals surface area contributed by atoms with Crippen molar-refractivity contribution in [3.8, 4) is 0 Å². The van der Waals surface area contributed by atoms with Crippen molar-refractivity contribution in [1.82, 2.24) is 5.32 Å². The molecule has 1 saturated heterocycles. The van der Waals surface area contributed by atoms with Gasteiger partial charge in [-0.3, -0.25) is 9.11 Å². The van der Waals surface area contributed by atoms with E-state index in [-0.39, 0.29) is 17.6 Å². The fourth-order valence-corrected chi connectivity index (χ4v) is 3.98. The average Bonchev–Trinajstić information content (AvgIpc) is 2.23. The maximum Gasteiger partial charge on any atom is 0.267 e. The number of quaternary nitrogens is 1. The van der Waals surface area contributed by atoms with Crippen molar-refractivity contribution in [2.45, 2.75) is 12.2 Å². The fraction of sp³-hybridized carbons (Fsp3) is 1.00. The molecule has 22 heavy (non-hydrogen) atoms. The largest absolute Gasteiger partial charge is 0.386 e. The molecule has 5 N–H and O–H groups in total.